The van der Waals surface area contributed by atoms with Gasteiger partial charge in [-0.3, -0.25) is 0 Å². The van der Waals surface area contributed by atoms with E-state index in [-0.39, 0.29) is 0 Å². The summed E-state index contributed by atoms with van der Waals surface area (Å²) >= 11 is 5.98. The molecule has 4 rings (SSSR count). The number of aromatic nitrogens is 3. The zero-order valence-corrected chi connectivity index (χ0v) is 13.0. The van der Waals surface area contributed by atoms with Crippen molar-refractivity contribution >= 4 is 22.8 Å². The van der Waals surface area contributed by atoms with Crippen LogP contribution in [0, 0.1) is 12.8 Å². The number of alkyl halides is 1. The highest BCUT2D eigenvalue weighted by molar-refractivity contribution is 6.17. The van der Waals surface area contributed by atoms with E-state index in [1.165, 1.54) is 12.8 Å². The minimum atomic E-state index is 0.333. The molecule has 112 valence electrons. The van der Waals surface area contributed by atoms with E-state index in [0.29, 0.717) is 18.0 Å². The molecule has 1 saturated heterocycles. The molecule has 1 aliphatic carbocycles. The minimum Gasteiger partial charge on any atom is -0.376 e. The average molecular weight is 306 g/mol. The Balaban J connectivity index is 1.82. The third-order valence-corrected chi connectivity index (χ3v) is 4.77. The summed E-state index contributed by atoms with van der Waals surface area (Å²) in [5.74, 6) is 2.37. The predicted octanol–water partition coefficient (Wildman–Crippen LogP) is 3.26. The van der Waals surface area contributed by atoms with Gasteiger partial charge in [0.25, 0.3) is 0 Å². The van der Waals surface area contributed by atoms with Crippen molar-refractivity contribution in [2.45, 2.75) is 44.8 Å². The van der Waals surface area contributed by atoms with Crippen LogP contribution in [0.5, 0.6) is 0 Å². The fourth-order valence-electron chi connectivity index (χ4n) is 3.49. The Morgan fingerprint density at radius 3 is 3.00 bits per heavy atom. The lowest BCUT2D eigenvalue weighted by Gasteiger charge is -2.22. The van der Waals surface area contributed by atoms with Gasteiger partial charge in [0.1, 0.15) is 11.3 Å². The Kier molecular flexibility index (Phi) is 3.38. The van der Waals surface area contributed by atoms with Crippen molar-refractivity contribution in [3.63, 3.8) is 0 Å². The summed E-state index contributed by atoms with van der Waals surface area (Å²) in [5, 5.41) is 0. The van der Waals surface area contributed by atoms with Crippen LogP contribution in [0.2, 0.25) is 0 Å². The van der Waals surface area contributed by atoms with Crippen LogP contribution in [0.3, 0.4) is 0 Å². The van der Waals surface area contributed by atoms with Crippen molar-refractivity contribution in [1.82, 2.24) is 14.5 Å². The highest BCUT2D eigenvalue weighted by Crippen LogP contribution is 2.44. The zero-order valence-electron chi connectivity index (χ0n) is 12.3. The molecule has 3 heterocycles. The van der Waals surface area contributed by atoms with E-state index < -0.39 is 0 Å². The molecule has 0 spiro atoms. The number of pyridine rings is 1. The van der Waals surface area contributed by atoms with E-state index in [9.17, 15) is 0 Å². The molecule has 2 aromatic rings. The third-order valence-electron chi connectivity index (χ3n) is 4.58. The van der Waals surface area contributed by atoms with E-state index in [2.05, 4.69) is 22.5 Å². The summed E-state index contributed by atoms with van der Waals surface area (Å²) in [6, 6.07) is 2.48. The van der Waals surface area contributed by atoms with E-state index in [0.717, 1.165) is 47.9 Å². The second-order valence-electron chi connectivity index (χ2n) is 6.22. The molecule has 0 bridgehead atoms. The molecule has 2 fully saturated rings. The molecule has 21 heavy (non-hydrogen) atoms. The summed E-state index contributed by atoms with van der Waals surface area (Å²) in [7, 11) is 0. The number of rotatable bonds is 4. The third kappa shape index (κ3) is 2.34. The molecule has 0 aromatic carbocycles. The predicted molar refractivity (Wildman–Crippen MR) is 82.8 cm³/mol. The summed E-state index contributed by atoms with van der Waals surface area (Å²) < 4.78 is 8.32. The number of imidazole rings is 1. The average Bonchev–Trinajstić information content (AvgIpc) is 3.09. The molecule has 2 unspecified atom stereocenters. The molecular formula is C16H20ClN3O. The van der Waals surface area contributed by atoms with E-state index in [1.807, 2.05) is 6.20 Å². The van der Waals surface area contributed by atoms with Crippen molar-refractivity contribution < 1.29 is 4.74 Å². The maximum absolute atomic E-state index is 6.01. The summed E-state index contributed by atoms with van der Waals surface area (Å²) in [4.78, 5) is 9.43. The highest BCUT2D eigenvalue weighted by atomic mass is 35.5. The smallest absolute Gasteiger partial charge is 0.160 e. The fraction of sp³-hybridized carbons (Fsp3) is 0.625. The van der Waals surface area contributed by atoms with Crippen LogP contribution in [-0.4, -0.2) is 33.1 Å². The number of halogens is 1. The molecule has 2 aliphatic rings. The van der Waals surface area contributed by atoms with Gasteiger partial charge in [-0.25, -0.2) is 9.97 Å². The van der Waals surface area contributed by atoms with Gasteiger partial charge in [0.05, 0.1) is 12.1 Å². The van der Waals surface area contributed by atoms with Crippen LogP contribution in [-0.2, 0) is 11.2 Å². The van der Waals surface area contributed by atoms with Crippen molar-refractivity contribution in [2.24, 2.45) is 5.92 Å². The topological polar surface area (TPSA) is 39.9 Å². The first-order chi connectivity index (χ1) is 10.3. The SMILES string of the molecule is Cc1cnc2c(c1)nc(CCCl)n2C1CCOC1C1CC1. The Bertz CT molecular complexity index is 665. The highest BCUT2D eigenvalue weighted by Gasteiger charge is 2.42. The van der Waals surface area contributed by atoms with Crippen molar-refractivity contribution in [1.29, 1.82) is 0 Å². The van der Waals surface area contributed by atoms with Gasteiger partial charge in [-0.15, -0.1) is 11.6 Å². The normalized spacial score (nSPS) is 25.8. The molecule has 1 saturated carbocycles. The van der Waals surface area contributed by atoms with Gasteiger partial charge in [-0.1, -0.05) is 0 Å². The van der Waals surface area contributed by atoms with Crippen LogP contribution in [0.15, 0.2) is 12.3 Å². The molecule has 2 atom stereocenters. The van der Waals surface area contributed by atoms with Gasteiger partial charge >= 0.3 is 0 Å². The first-order valence-corrected chi connectivity index (χ1v) is 8.32. The molecule has 0 radical (unpaired) electrons. The van der Waals surface area contributed by atoms with Crippen LogP contribution >= 0.6 is 11.6 Å². The van der Waals surface area contributed by atoms with Gasteiger partial charge in [0, 0.05) is 25.1 Å². The van der Waals surface area contributed by atoms with Crippen molar-refractivity contribution in [3.05, 3.63) is 23.7 Å². The lowest BCUT2D eigenvalue weighted by Crippen LogP contribution is -2.24. The van der Waals surface area contributed by atoms with Crippen LogP contribution in [0.25, 0.3) is 11.2 Å². The number of hydrogen-bond acceptors (Lipinski definition) is 3. The van der Waals surface area contributed by atoms with Crippen LogP contribution in [0.1, 0.15) is 36.7 Å². The lowest BCUT2D eigenvalue weighted by atomic mass is 10.1. The Hall–Kier alpha value is -1.13. The number of nitrogens with zero attached hydrogens (tertiary/aromatic N) is 3. The van der Waals surface area contributed by atoms with Gasteiger partial charge in [-0.05, 0) is 43.7 Å². The minimum absolute atomic E-state index is 0.333. The molecule has 5 heteroatoms. The van der Waals surface area contributed by atoms with E-state index in [1.54, 1.807) is 0 Å². The number of aryl methyl sites for hydroxylation is 2. The summed E-state index contributed by atoms with van der Waals surface area (Å²) in [6.45, 7) is 2.90. The number of ether oxygens (including phenoxy) is 1. The monoisotopic (exact) mass is 305 g/mol. The molecule has 0 N–H and O–H groups in total. The Morgan fingerprint density at radius 2 is 2.24 bits per heavy atom. The maximum atomic E-state index is 6.01. The largest absolute Gasteiger partial charge is 0.376 e. The van der Waals surface area contributed by atoms with Gasteiger partial charge < -0.3 is 9.30 Å². The van der Waals surface area contributed by atoms with Crippen LogP contribution in [0.4, 0.5) is 0 Å². The van der Waals surface area contributed by atoms with Gasteiger partial charge in [0.2, 0.25) is 0 Å². The summed E-state index contributed by atoms with van der Waals surface area (Å²) in [5.41, 5.74) is 3.12. The lowest BCUT2D eigenvalue weighted by molar-refractivity contribution is 0.0752. The molecule has 1 aliphatic heterocycles. The first kappa shape index (κ1) is 13.5. The number of fused-ring (bicyclic) bond motifs is 1. The van der Waals surface area contributed by atoms with Gasteiger partial charge in [-0.2, -0.15) is 0 Å². The molecule has 4 nitrogen and oxygen atoms in total. The molecule has 2 aromatic heterocycles. The van der Waals surface area contributed by atoms with E-state index >= 15 is 0 Å². The summed E-state index contributed by atoms with van der Waals surface area (Å²) in [6.07, 6.45) is 6.69. The number of hydrogen-bond donors (Lipinski definition) is 0. The van der Waals surface area contributed by atoms with Crippen molar-refractivity contribution in [3.8, 4) is 0 Å². The van der Waals surface area contributed by atoms with Gasteiger partial charge in [0.15, 0.2) is 5.65 Å². The second-order valence-corrected chi connectivity index (χ2v) is 6.60. The molecular weight excluding hydrogens is 286 g/mol. The quantitative estimate of drug-likeness (QED) is 0.814. The first-order valence-electron chi connectivity index (χ1n) is 7.79. The Labute approximate surface area is 129 Å². The Morgan fingerprint density at radius 1 is 1.38 bits per heavy atom. The van der Waals surface area contributed by atoms with Crippen LogP contribution < -0.4 is 0 Å². The second kappa shape index (κ2) is 5.25. The zero-order chi connectivity index (χ0) is 14.4. The van der Waals surface area contributed by atoms with E-state index in [4.69, 9.17) is 21.3 Å². The fourth-order valence-corrected chi connectivity index (χ4v) is 3.66. The standard InChI is InChI=1S/C16H20ClN3O/c1-10-8-12-16(18-9-10)20(14(19-12)4-6-17)13-5-7-21-15(13)11-2-3-11/h8-9,11,13,15H,2-7H2,1H3. The van der Waals surface area contributed by atoms with Crippen molar-refractivity contribution in [2.75, 3.05) is 12.5 Å². The maximum Gasteiger partial charge on any atom is 0.160 e. The molecule has 0 amide bonds.